The van der Waals surface area contributed by atoms with E-state index in [4.69, 9.17) is 5.11 Å². The van der Waals surface area contributed by atoms with Gasteiger partial charge in [-0.2, -0.15) is 18.3 Å². The fourth-order valence-electron chi connectivity index (χ4n) is 1.49. The predicted octanol–water partition coefficient (Wildman–Crippen LogP) is 2.91. The monoisotopic (exact) mass is 242 g/mol. The smallest absolute Gasteiger partial charge is 0.433 e. The molecule has 1 N–H and O–H groups in total. The van der Waals surface area contributed by atoms with Crippen LogP contribution in [0, 0.1) is 6.92 Å². The van der Waals surface area contributed by atoms with E-state index >= 15 is 0 Å². The molecule has 0 bridgehead atoms. The number of aryl methyl sites for hydroxylation is 1. The average molecular weight is 242 g/mol. The lowest BCUT2D eigenvalue weighted by Gasteiger charge is -2.09. The minimum absolute atomic E-state index is 0.00816. The zero-order valence-corrected chi connectivity index (χ0v) is 8.86. The van der Waals surface area contributed by atoms with Gasteiger partial charge in [0.2, 0.25) is 0 Å². The molecule has 2 rings (SSSR count). The van der Waals surface area contributed by atoms with Crippen molar-refractivity contribution < 1.29 is 18.3 Å². The second-order valence-corrected chi connectivity index (χ2v) is 3.60. The van der Waals surface area contributed by atoms with Crippen molar-refractivity contribution in [1.29, 1.82) is 0 Å². The largest absolute Gasteiger partial charge is 0.508 e. The minimum atomic E-state index is -4.46. The number of aromatic nitrogens is 2. The molecule has 0 aliphatic rings. The van der Waals surface area contributed by atoms with Gasteiger partial charge in [0.1, 0.15) is 11.4 Å². The standard InChI is InChI=1S/C11H9F3N2O/c1-7-6-10(11(12,13)14)16(15-7)8-2-4-9(17)5-3-8/h2-6,17H,1H3. The Balaban J connectivity index is 2.55. The van der Waals surface area contributed by atoms with Crippen LogP contribution in [0.25, 0.3) is 5.69 Å². The van der Waals surface area contributed by atoms with Crippen LogP contribution in [-0.2, 0) is 6.18 Å². The summed E-state index contributed by atoms with van der Waals surface area (Å²) >= 11 is 0. The van der Waals surface area contributed by atoms with E-state index in [0.717, 1.165) is 10.7 Å². The zero-order chi connectivity index (χ0) is 12.6. The third-order valence-electron chi connectivity index (χ3n) is 2.22. The van der Waals surface area contributed by atoms with Crippen molar-refractivity contribution in [2.75, 3.05) is 0 Å². The predicted molar refractivity (Wildman–Crippen MR) is 55.0 cm³/mol. The molecule has 0 fully saturated rings. The lowest BCUT2D eigenvalue weighted by atomic mass is 10.3. The van der Waals surface area contributed by atoms with E-state index in [-0.39, 0.29) is 17.1 Å². The summed E-state index contributed by atoms with van der Waals surface area (Å²) in [7, 11) is 0. The molecule has 1 aromatic carbocycles. The molecule has 0 saturated carbocycles. The van der Waals surface area contributed by atoms with Gasteiger partial charge in [0.05, 0.1) is 11.4 Å². The number of nitrogens with zero attached hydrogens (tertiary/aromatic N) is 2. The molecule has 0 aliphatic heterocycles. The number of phenolic OH excluding ortho intramolecular Hbond substituents is 1. The van der Waals surface area contributed by atoms with Gasteiger partial charge in [-0.3, -0.25) is 0 Å². The van der Waals surface area contributed by atoms with E-state index in [1.807, 2.05) is 0 Å². The highest BCUT2D eigenvalue weighted by Crippen LogP contribution is 2.31. The average Bonchev–Trinajstić information content (AvgIpc) is 2.61. The SMILES string of the molecule is Cc1cc(C(F)(F)F)n(-c2ccc(O)cc2)n1. The molecule has 3 nitrogen and oxygen atoms in total. The Kier molecular flexibility index (Phi) is 2.57. The van der Waals surface area contributed by atoms with Crippen LogP contribution in [0.15, 0.2) is 30.3 Å². The van der Waals surface area contributed by atoms with E-state index < -0.39 is 11.9 Å². The molecular formula is C11H9F3N2O. The molecule has 1 heterocycles. The van der Waals surface area contributed by atoms with Gasteiger partial charge in [-0.25, -0.2) is 4.68 Å². The Morgan fingerprint density at radius 2 is 1.76 bits per heavy atom. The van der Waals surface area contributed by atoms with Gasteiger partial charge in [0.15, 0.2) is 0 Å². The maximum atomic E-state index is 12.7. The van der Waals surface area contributed by atoms with Gasteiger partial charge < -0.3 is 5.11 Å². The molecule has 0 saturated heterocycles. The van der Waals surface area contributed by atoms with Crippen LogP contribution >= 0.6 is 0 Å². The number of benzene rings is 1. The summed E-state index contributed by atoms with van der Waals surface area (Å²) in [5.74, 6) is -0.00816. The quantitative estimate of drug-likeness (QED) is 0.834. The molecule has 0 spiro atoms. The third-order valence-corrected chi connectivity index (χ3v) is 2.22. The molecule has 0 unspecified atom stereocenters. The first-order valence-electron chi connectivity index (χ1n) is 4.81. The van der Waals surface area contributed by atoms with Crippen LogP contribution < -0.4 is 0 Å². The highest BCUT2D eigenvalue weighted by Gasteiger charge is 2.35. The molecule has 0 atom stereocenters. The number of alkyl halides is 3. The number of rotatable bonds is 1. The lowest BCUT2D eigenvalue weighted by molar-refractivity contribution is -0.142. The summed E-state index contributed by atoms with van der Waals surface area (Å²) in [6.45, 7) is 1.49. The van der Waals surface area contributed by atoms with Crippen LogP contribution in [0.4, 0.5) is 13.2 Å². The Morgan fingerprint density at radius 1 is 1.18 bits per heavy atom. The summed E-state index contributed by atoms with van der Waals surface area (Å²) in [6, 6.07) is 6.35. The Bertz CT molecular complexity index is 529. The van der Waals surface area contributed by atoms with Crippen molar-refractivity contribution in [3.8, 4) is 11.4 Å². The number of aromatic hydroxyl groups is 1. The topological polar surface area (TPSA) is 38.0 Å². The molecule has 2 aromatic rings. The molecule has 90 valence electrons. The number of hydrogen-bond acceptors (Lipinski definition) is 2. The normalized spacial score (nSPS) is 11.8. The molecule has 17 heavy (non-hydrogen) atoms. The zero-order valence-electron chi connectivity index (χ0n) is 8.86. The molecule has 0 amide bonds. The van der Waals surface area contributed by atoms with E-state index in [1.165, 1.54) is 31.2 Å². The van der Waals surface area contributed by atoms with E-state index in [1.54, 1.807) is 0 Å². The van der Waals surface area contributed by atoms with Crippen LogP contribution in [0.1, 0.15) is 11.4 Å². The summed E-state index contributed by atoms with van der Waals surface area (Å²) in [5.41, 5.74) is -0.297. The first kappa shape index (κ1) is 11.5. The molecule has 6 heteroatoms. The summed E-state index contributed by atoms with van der Waals surface area (Å²) in [6.07, 6.45) is -4.46. The van der Waals surface area contributed by atoms with Crippen molar-refractivity contribution in [2.24, 2.45) is 0 Å². The second kappa shape index (κ2) is 3.80. The fraction of sp³-hybridized carbons (Fsp3) is 0.182. The number of hydrogen-bond donors (Lipinski definition) is 1. The second-order valence-electron chi connectivity index (χ2n) is 3.60. The van der Waals surface area contributed by atoms with Crippen molar-refractivity contribution in [3.05, 3.63) is 41.7 Å². The van der Waals surface area contributed by atoms with Gasteiger partial charge in [-0.15, -0.1) is 0 Å². The first-order chi connectivity index (χ1) is 7.88. The van der Waals surface area contributed by atoms with E-state index in [9.17, 15) is 13.2 Å². The highest BCUT2D eigenvalue weighted by molar-refractivity contribution is 5.38. The van der Waals surface area contributed by atoms with Crippen molar-refractivity contribution in [1.82, 2.24) is 9.78 Å². The van der Waals surface area contributed by atoms with Gasteiger partial charge >= 0.3 is 6.18 Å². The van der Waals surface area contributed by atoms with Gasteiger partial charge in [-0.1, -0.05) is 0 Å². The molecule has 0 radical (unpaired) electrons. The van der Waals surface area contributed by atoms with Gasteiger partial charge in [0.25, 0.3) is 0 Å². The van der Waals surface area contributed by atoms with Gasteiger partial charge in [0, 0.05) is 0 Å². The fourth-order valence-corrected chi connectivity index (χ4v) is 1.49. The number of phenols is 1. The molecule has 0 aliphatic carbocycles. The Hall–Kier alpha value is -1.98. The van der Waals surface area contributed by atoms with E-state index in [0.29, 0.717) is 0 Å². The van der Waals surface area contributed by atoms with Crippen molar-refractivity contribution in [2.45, 2.75) is 13.1 Å². The van der Waals surface area contributed by atoms with Crippen molar-refractivity contribution in [3.63, 3.8) is 0 Å². The Labute approximate surface area is 95.1 Å². The van der Waals surface area contributed by atoms with Crippen LogP contribution in [0.3, 0.4) is 0 Å². The summed E-state index contributed by atoms with van der Waals surface area (Å²) in [4.78, 5) is 0. The maximum Gasteiger partial charge on any atom is 0.433 e. The lowest BCUT2D eigenvalue weighted by Crippen LogP contribution is -2.13. The number of halogens is 3. The van der Waals surface area contributed by atoms with Crippen LogP contribution in [0.5, 0.6) is 5.75 Å². The Morgan fingerprint density at radius 3 is 2.29 bits per heavy atom. The summed E-state index contributed by atoms with van der Waals surface area (Å²) < 4.78 is 39.0. The van der Waals surface area contributed by atoms with Gasteiger partial charge in [-0.05, 0) is 37.3 Å². The van der Waals surface area contributed by atoms with Crippen LogP contribution in [-0.4, -0.2) is 14.9 Å². The van der Waals surface area contributed by atoms with Crippen LogP contribution in [0.2, 0.25) is 0 Å². The minimum Gasteiger partial charge on any atom is -0.508 e. The summed E-state index contributed by atoms with van der Waals surface area (Å²) in [5, 5.41) is 12.9. The molecule has 1 aromatic heterocycles. The van der Waals surface area contributed by atoms with Crippen molar-refractivity contribution >= 4 is 0 Å². The maximum absolute atomic E-state index is 12.7. The highest BCUT2D eigenvalue weighted by atomic mass is 19.4. The first-order valence-corrected chi connectivity index (χ1v) is 4.81. The molecular weight excluding hydrogens is 233 g/mol. The third kappa shape index (κ3) is 2.25. The van der Waals surface area contributed by atoms with E-state index in [2.05, 4.69) is 5.10 Å².